The Hall–Kier alpha value is -4.87. The van der Waals surface area contributed by atoms with Crippen LogP contribution >= 0.6 is 0 Å². The third kappa shape index (κ3) is 7.55. The van der Waals surface area contributed by atoms with Crippen molar-refractivity contribution in [2.45, 2.75) is 0 Å². The Morgan fingerprint density at radius 1 is 0.886 bits per heavy atom. The highest BCUT2D eigenvalue weighted by atomic mass is 16.5. The van der Waals surface area contributed by atoms with Crippen molar-refractivity contribution < 1.29 is 28.5 Å². The van der Waals surface area contributed by atoms with Crippen LogP contribution in [0.3, 0.4) is 0 Å². The number of carbonyl (C=O) groups is 2. The van der Waals surface area contributed by atoms with Crippen LogP contribution in [0.5, 0.6) is 17.2 Å². The van der Waals surface area contributed by atoms with E-state index in [1.165, 1.54) is 0 Å². The molecule has 11 heteroatoms. The van der Waals surface area contributed by atoms with Crippen LogP contribution in [0.1, 0.15) is 10.4 Å². The molecule has 2 amide bonds. The van der Waals surface area contributed by atoms with E-state index < -0.39 is 0 Å². The van der Waals surface area contributed by atoms with Gasteiger partial charge in [-0.05, 0) is 66.7 Å². The molecule has 44 heavy (non-hydrogen) atoms. The molecule has 1 N–H and O–H groups in total. The Labute approximate surface area is 256 Å². The van der Waals surface area contributed by atoms with Gasteiger partial charge in [-0.15, -0.1) is 0 Å². The molecule has 2 heterocycles. The van der Waals surface area contributed by atoms with Gasteiger partial charge in [-0.3, -0.25) is 24.4 Å². The van der Waals surface area contributed by atoms with Crippen LogP contribution in [0.4, 0.5) is 5.95 Å². The summed E-state index contributed by atoms with van der Waals surface area (Å²) in [7, 11) is 4.78. The van der Waals surface area contributed by atoms with Crippen molar-refractivity contribution in [3.63, 3.8) is 0 Å². The van der Waals surface area contributed by atoms with Gasteiger partial charge < -0.3 is 23.8 Å². The molecule has 0 spiro atoms. The molecule has 11 nitrogen and oxygen atoms in total. The molecule has 0 unspecified atom stereocenters. The van der Waals surface area contributed by atoms with Crippen molar-refractivity contribution >= 4 is 17.8 Å². The van der Waals surface area contributed by atoms with Gasteiger partial charge in [-0.25, -0.2) is 4.98 Å². The second-order valence-electron chi connectivity index (χ2n) is 10.2. The summed E-state index contributed by atoms with van der Waals surface area (Å²) in [6.07, 6.45) is 1.86. The summed E-state index contributed by atoms with van der Waals surface area (Å²) >= 11 is 0. The standard InChI is InChI=1S/C33H37N5O6/c1-41-27-11-7-24(8-12-27)30-22-38(26-9-13-28(42-2)14-10-26)33(34-30)35-31(39)23-37(16-15-36-17-19-44-20-18-36)32(40)25-5-4-6-29(21-25)43-3/h4-14,21-22H,15-20,23H2,1-3H3,(H,34,35,39). The number of ether oxygens (including phenoxy) is 4. The average Bonchev–Trinajstić information content (AvgIpc) is 3.50. The van der Waals surface area contributed by atoms with Gasteiger partial charge in [-0.2, -0.15) is 0 Å². The molecule has 1 aromatic heterocycles. The van der Waals surface area contributed by atoms with Gasteiger partial charge in [0.2, 0.25) is 11.9 Å². The van der Waals surface area contributed by atoms with Crippen LogP contribution in [0.2, 0.25) is 0 Å². The summed E-state index contributed by atoms with van der Waals surface area (Å²) in [5.74, 6) is 1.71. The van der Waals surface area contributed by atoms with Gasteiger partial charge in [0.15, 0.2) is 0 Å². The number of nitrogens with one attached hydrogen (secondary N) is 1. The van der Waals surface area contributed by atoms with Crippen LogP contribution in [-0.2, 0) is 9.53 Å². The minimum Gasteiger partial charge on any atom is -0.497 e. The average molecular weight is 600 g/mol. The zero-order valence-electron chi connectivity index (χ0n) is 25.2. The lowest BCUT2D eigenvalue weighted by Gasteiger charge is -2.30. The molecule has 1 aliphatic rings. The predicted molar refractivity (Wildman–Crippen MR) is 167 cm³/mol. The fourth-order valence-corrected chi connectivity index (χ4v) is 4.92. The van der Waals surface area contributed by atoms with E-state index >= 15 is 0 Å². The molecule has 3 aromatic carbocycles. The van der Waals surface area contributed by atoms with E-state index in [0.29, 0.717) is 55.0 Å². The number of hydrogen-bond acceptors (Lipinski definition) is 8. The minimum atomic E-state index is -0.370. The van der Waals surface area contributed by atoms with Crippen molar-refractivity contribution in [1.29, 1.82) is 0 Å². The Morgan fingerprint density at radius 3 is 2.20 bits per heavy atom. The zero-order chi connectivity index (χ0) is 30.9. The third-order valence-corrected chi connectivity index (χ3v) is 7.42. The van der Waals surface area contributed by atoms with Gasteiger partial charge in [0, 0.05) is 49.2 Å². The topological polar surface area (TPSA) is 107 Å². The first kappa shape index (κ1) is 30.6. The summed E-state index contributed by atoms with van der Waals surface area (Å²) in [6, 6.07) is 21.9. The van der Waals surface area contributed by atoms with Crippen LogP contribution in [-0.4, -0.2) is 98.4 Å². The van der Waals surface area contributed by atoms with Crippen LogP contribution in [0, 0.1) is 0 Å². The summed E-state index contributed by atoms with van der Waals surface area (Å²) in [6.45, 7) is 3.68. The number of morpholine rings is 1. The van der Waals surface area contributed by atoms with E-state index in [9.17, 15) is 9.59 Å². The van der Waals surface area contributed by atoms with Crippen molar-refractivity contribution in [3.05, 3.63) is 84.6 Å². The highest BCUT2D eigenvalue weighted by molar-refractivity contribution is 5.99. The lowest BCUT2D eigenvalue weighted by molar-refractivity contribution is -0.117. The molecule has 1 fully saturated rings. The van der Waals surface area contributed by atoms with Crippen molar-refractivity contribution in [3.8, 4) is 34.2 Å². The van der Waals surface area contributed by atoms with E-state index in [1.54, 1.807) is 55.1 Å². The summed E-state index contributed by atoms with van der Waals surface area (Å²) in [5.41, 5.74) is 2.75. The van der Waals surface area contributed by atoms with Crippen LogP contribution in [0.15, 0.2) is 79.0 Å². The Bertz CT molecular complexity index is 1550. The SMILES string of the molecule is COc1ccc(-c2cn(-c3ccc(OC)cc3)c(NC(=O)CN(CCN3CCOCC3)C(=O)c3cccc(OC)c3)n2)cc1. The fourth-order valence-electron chi connectivity index (χ4n) is 4.92. The maximum Gasteiger partial charge on any atom is 0.254 e. The maximum absolute atomic E-state index is 13.7. The van der Waals surface area contributed by atoms with Gasteiger partial charge in [0.05, 0.1) is 40.2 Å². The number of methoxy groups -OCH3 is 3. The van der Waals surface area contributed by atoms with E-state index in [2.05, 4.69) is 10.2 Å². The molecule has 0 bridgehead atoms. The molecule has 1 saturated heterocycles. The molecule has 4 aromatic rings. The monoisotopic (exact) mass is 599 g/mol. The Kier molecular flexibility index (Phi) is 10.1. The number of anilines is 1. The van der Waals surface area contributed by atoms with Crippen LogP contribution < -0.4 is 19.5 Å². The molecule has 0 atom stereocenters. The molecule has 5 rings (SSSR count). The maximum atomic E-state index is 13.7. The molecule has 1 aliphatic heterocycles. The number of imidazole rings is 1. The molecule has 0 radical (unpaired) electrons. The summed E-state index contributed by atoms with van der Waals surface area (Å²) < 4.78 is 23.2. The Morgan fingerprint density at radius 2 is 1.55 bits per heavy atom. The summed E-state index contributed by atoms with van der Waals surface area (Å²) in [5, 5.41) is 2.95. The number of amides is 2. The highest BCUT2D eigenvalue weighted by Crippen LogP contribution is 2.27. The zero-order valence-corrected chi connectivity index (χ0v) is 25.2. The number of hydrogen-bond donors (Lipinski definition) is 1. The van der Waals surface area contributed by atoms with Crippen molar-refractivity contribution in [1.82, 2.24) is 19.4 Å². The van der Waals surface area contributed by atoms with Crippen molar-refractivity contribution in [2.75, 3.05) is 72.6 Å². The lowest BCUT2D eigenvalue weighted by atomic mass is 10.1. The number of aromatic nitrogens is 2. The fraction of sp³-hybridized carbons (Fsp3) is 0.303. The molecular weight excluding hydrogens is 562 g/mol. The second kappa shape index (κ2) is 14.5. The largest absolute Gasteiger partial charge is 0.497 e. The third-order valence-electron chi connectivity index (χ3n) is 7.42. The first-order chi connectivity index (χ1) is 21.5. The molecule has 230 valence electrons. The normalized spacial score (nSPS) is 13.2. The summed E-state index contributed by atoms with van der Waals surface area (Å²) in [4.78, 5) is 35.8. The van der Waals surface area contributed by atoms with Gasteiger partial charge >= 0.3 is 0 Å². The van der Waals surface area contributed by atoms with E-state index in [4.69, 9.17) is 23.9 Å². The van der Waals surface area contributed by atoms with Gasteiger partial charge in [0.25, 0.3) is 5.91 Å². The first-order valence-corrected chi connectivity index (χ1v) is 14.4. The predicted octanol–water partition coefficient (Wildman–Crippen LogP) is 3.98. The number of nitrogens with zero attached hydrogens (tertiary/aromatic N) is 4. The number of rotatable bonds is 12. The van der Waals surface area contributed by atoms with E-state index in [1.807, 2.05) is 54.7 Å². The quantitative estimate of drug-likeness (QED) is 0.261. The first-order valence-electron chi connectivity index (χ1n) is 14.4. The van der Waals surface area contributed by atoms with Gasteiger partial charge in [0.1, 0.15) is 23.8 Å². The number of carbonyl (C=O) groups excluding carboxylic acids is 2. The molecule has 0 aliphatic carbocycles. The highest BCUT2D eigenvalue weighted by Gasteiger charge is 2.23. The molecule has 0 saturated carbocycles. The van der Waals surface area contributed by atoms with Gasteiger partial charge in [-0.1, -0.05) is 6.07 Å². The van der Waals surface area contributed by atoms with Crippen LogP contribution in [0.25, 0.3) is 16.9 Å². The smallest absolute Gasteiger partial charge is 0.254 e. The van der Waals surface area contributed by atoms with E-state index in [-0.39, 0.29) is 18.4 Å². The van der Waals surface area contributed by atoms with Crippen molar-refractivity contribution in [2.24, 2.45) is 0 Å². The molecular formula is C33H37N5O6. The van der Waals surface area contributed by atoms with E-state index in [0.717, 1.165) is 30.1 Å². The number of benzene rings is 3. The Balaban J connectivity index is 1.40. The minimum absolute atomic E-state index is 0.159. The second-order valence-corrected chi connectivity index (χ2v) is 10.2. The lowest BCUT2D eigenvalue weighted by Crippen LogP contribution is -2.45.